The van der Waals surface area contributed by atoms with Crippen molar-refractivity contribution in [3.63, 3.8) is 0 Å². The maximum atomic E-state index is 13.1. The number of aliphatic hydroxyl groups is 1. The van der Waals surface area contributed by atoms with Crippen LogP contribution in [0.25, 0.3) is 11.0 Å². The van der Waals surface area contributed by atoms with Crippen molar-refractivity contribution in [1.82, 2.24) is 29.5 Å². The van der Waals surface area contributed by atoms with Gasteiger partial charge in [-0.3, -0.25) is 14.4 Å². The second-order valence-corrected chi connectivity index (χ2v) is 9.07. The van der Waals surface area contributed by atoms with Crippen molar-refractivity contribution in [1.29, 1.82) is 0 Å². The molecule has 31 heavy (non-hydrogen) atoms. The number of H-pyrrole nitrogens is 1. The summed E-state index contributed by atoms with van der Waals surface area (Å²) in [6.07, 6.45) is 7.82. The Balaban J connectivity index is 1.26. The van der Waals surface area contributed by atoms with Crippen LogP contribution in [0.3, 0.4) is 0 Å². The second-order valence-electron chi connectivity index (χ2n) is 9.07. The number of carbonyl (C=O) groups is 1. The van der Waals surface area contributed by atoms with E-state index >= 15 is 0 Å². The van der Waals surface area contributed by atoms with Crippen LogP contribution in [0, 0.1) is 5.41 Å². The minimum Gasteiger partial charge on any atom is -0.391 e. The molecule has 8 heteroatoms. The number of piperidine rings is 2. The zero-order chi connectivity index (χ0) is 21.4. The van der Waals surface area contributed by atoms with E-state index in [1.165, 1.54) is 10.9 Å². The third-order valence-corrected chi connectivity index (χ3v) is 7.00. The highest BCUT2D eigenvalue weighted by atomic mass is 16.3. The molecule has 3 aromatic rings. The number of likely N-dealkylation sites (tertiary alicyclic amines) is 2. The molecule has 3 aromatic heterocycles. The van der Waals surface area contributed by atoms with Crippen molar-refractivity contribution in [2.24, 2.45) is 5.41 Å². The van der Waals surface area contributed by atoms with Gasteiger partial charge in [0.2, 0.25) is 0 Å². The highest BCUT2D eigenvalue weighted by molar-refractivity contribution is 5.92. The van der Waals surface area contributed by atoms with Gasteiger partial charge in [-0.1, -0.05) is 0 Å². The quantitative estimate of drug-likeness (QED) is 0.673. The van der Waals surface area contributed by atoms with Gasteiger partial charge in [-0.05, 0) is 68.5 Å². The van der Waals surface area contributed by atoms with E-state index in [9.17, 15) is 9.90 Å². The predicted molar refractivity (Wildman–Crippen MR) is 117 cm³/mol. The molecule has 0 aromatic carbocycles. The zero-order valence-electron chi connectivity index (χ0n) is 18.0. The Morgan fingerprint density at radius 2 is 2.13 bits per heavy atom. The molecule has 2 aliphatic heterocycles. The number of aliphatic hydroxyl groups excluding tert-OH is 1. The summed E-state index contributed by atoms with van der Waals surface area (Å²) in [7, 11) is 0. The SMILES string of the molecule is CCn1nccc1C(=O)N1CC(O)CC2(CCN(Cc3c[nH]c4ncccc34)CC2)C1. The van der Waals surface area contributed by atoms with E-state index in [0.717, 1.165) is 44.5 Å². The number of amides is 1. The number of pyridine rings is 1. The van der Waals surface area contributed by atoms with Crippen LogP contribution in [0.5, 0.6) is 0 Å². The van der Waals surface area contributed by atoms with E-state index in [2.05, 4.69) is 32.2 Å². The van der Waals surface area contributed by atoms with Crippen LogP contribution in [0.2, 0.25) is 0 Å². The van der Waals surface area contributed by atoms with Gasteiger partial charge in [0.25, 0.3) is 5.91 Å². The topological polar surface area (TPSA) is 90.3 Å². The van der Waals surface area contributed by atoms with Gasteiger partial charge in [0.1, 0.15) is 11.3 Å². The average molecular weight is 423 g/mol. The summed E-state index contributed by atoms with van der Waals surface area (Å²) in [5.41, 5.74) is 2.80. The molecule has 1 spiro atoms. The van der Waals surface area contributed by atoms with Gasteiger partial charge >= 0.3 is 0 Å². The van der Waals surface area contributed by atoms with Gasteiger partial charge in [-0.25, -0.2) is 4.98 Å². The summed E-state index contributed by atoms with van der Waals surface area (Å²) in [5, 5.41) is 16.0. The third kappa shape index (κ3) is 3.85. The predicted octanol–water partition coefficient (Wildman–Crippen LogP) is 2.27. The monoisotopic (exact) mass is 422 g/mol. The first-order valence-electron chi connectivity index (χ1n) is 11.2. The molecule has 5 rings (SSSR count). The molecule has 5 heterocycles. The first kappa shape index (κ1) is 20.2. The summed E-state index contributed by atoms with van der Waals surface area (Å²) < 4.78 is 1.73. The first-order valence-corrected chi connectivity index (χ1v) is 11.2. The average Bonchev–Trinajstić information content (AvgIpc) is 3.42. The number of aryl methyl sites for hydroxylation is 1. The number of nitrogens with one attached hydrogen (secondary N) is 1. The molecule has 0 aliphatic carbocycles. The minimum atomic E-state index is -0.470. The Hall–Kier alpha value is -2.71. The normalized spacial score (nSPS) is 21.7. The third-order valence-electron chi connectivity index (χ3n) is 7.00. The van der Waals surface area contributed by atoms with Crippen molar-refractivity contribution >= 4 is 16.9 Å². The highest BCUT2D eigenvalue weighted by Crippen LogP contribution is 2.40. The largest absolute Gasteiger partial charge is 0.391 e. The first-order chi connectivity index (χ1) is 15.1. The van der Waals surface area contributed by atoms with Crippen LogP contribution in [0.15, 0.2) is 36.8 Å². The number of aromatic nitrogens is 4. The maximum Gasteiger partial charge on any atom is 0.272 e. The summed E-state index contributed by atoms with van der Waals surface area (Å²) in [5.74, 6) is -0.0220. The number of β-amino-alcohol motifs (C(OH)–C–C–N with tert-alkyl or cyclic N) is 1. The molecule has 1 amide bonds. The smallest absolute Gasteiger partial charge is 0.272 e. The molecule has 2 aliphatic rings. The molecule has 164 valence electrons. The summed E-state index contributed by atoms with van der Waals surface area (Å²) in [6.45, 7) is 6.58. The fraction of sp³-hybridized carbons (Fsp3) is 0.522. The van der Waals surface area contributed by atoms with Crippen molar-refractivity contribution in [3.05, 3.63) is 48.0 Å². The Labute approximate surface area is 181 Å². The Morgan fingerprint density at radius 1 is 1.29 bits per heavy atom. The molecule has 1 unspecified atom stereocenters. The lowest BCUT2D eigenvalue weighted by Crippen LogP contribution is -2.55. The van der Waals surface area contributed by atoms with E-state index in [0.29, 0.717) is 25.3 Å². The Kier molecular flexibility index (Phi) is 5.27. The molecule has 2 saturated heterocycles. The van der Waals surface area contributed by atoms with Crippen LogP contribution in [-0.4, -0.2) is 72.8 Å². The number of nitrogens with zero attached hydrogens (tertiary/aromatic N) is 5. The van der Waals surface area contributed by atoms with Crippen LogP contribution in [-0.2, 0) is 13.1 Å². The zero-order valence-corrected chi connectivity index (χ0v) is 18.0. The lowest BCUT2D eigenvalue weighted by atomic mass is 9.71. The summed E-state index contributed by atoms with van der Waals surface area (Å²) >= 11 is 0. The number of hydrogen-bond acceptors (Lipinski definition) is 5. The molecule has 1 atom stereocenters. The van der Waals surface area contributed by atoms with E-state index < -0.39 is 6.10 Å². The Bertz CT molecular complexity index is 1060. The van der Waals surface area contributed by atoms with Crippen molar-refractivity contribution < 1.29 is 9.90 Å². The fourth-order valence-corrected chi connectivity index (χ4v) is 5.37. The lowest BCUT2D eigenvalue weighted by molar-refractivity contribution is -0.0340. The molecule has 0 radical (unpaired) electrons. The number of aromatic amines is 1. The molecule has 0 saturated carbocycles. The standard InChI is InChI=1S/C23H30N6O2/c1-2-29-20(5-9-26-29)22(31)28-15-18(30)12-23(16-28)6-10-27(11-7-23)14-17-13-25-21-19(17)4-3-8-24-21/h3-5,8-9,13,18,30H,2,6-7,10-12,14-16H2,1H3,(H,24,25). The number of rotatable bonds is 4. The van der Waals surface area contributed by atoms with Gasteiger partial charge in [0.05, 0.1) is 6.10 Å². The number of carbonyl (C=O) groups excluding carboxylic acids is 1. The summed E-state index contributed by atoms with van der Waals surface area (Å²) in [4.78, 5) is 25.1. The second kappa shape index (κ2) is 8.09. The van der Waals surface area contributed by atoms with E-state index in [4.69, 9.17) is 0 Å². The van der Waals surface area contributed by atoms with E-state index in [-0.39, 0.29) is 11.3 Å². The molecular weight excluding hydrogens is 392 g/mol. The fourth-order valence-electron chi connectivity index (χ4n) is 5.37. The van der Waals surface area contributed by atoms with Crippen molar-refractivity contribution in [3.8, 4) is 0 Å². The van der Waals surface area contributed by atoms with Gasteiger partial charge in [0.15, 0.2) is 0 Å². The van der Waals surface area contributed by atoms with Crippen LogP contribution >= 0.6 is 0 Å². The molecule has 2 N–H and O–H groups in total. The molecule has 0 bridgehead atoms. The van der Waals surface area contributed by atoms with Gasteiger partial charge in [-0.15, -0.1) is 0 Å². The van der Waals surface area contributed by atoms with Crippen molar-refractivity contribution in [2.45, 2.75) is 45.4 Å². The van der Waals surface area contributed by atoms with E-state index in [1.54, 1.807) is 16.9 Å². The molecular formula is C23H30N6O2. The van der Waals surface area contributed by atoms with E-state index in [1.807, 2.05) is 24.1 Å². The minimum absolute atomic E-state index is 0.0112. The van der Waals surface area contributed by atoms with Crippen LogP contribution < -0.4 is 0 Å². The number of fused-ring (bicyclic) bond motifs is 1. The van der Waals surface area contributed by atoms with Crippen molar-refractivity contribution in [2.75, 3.05) is 26.2 Å². The highest BCUT2D eigenvalue weighted by Gasteiger charge is 2.43. The van der Waals surface area contributed by atoms with Crippen LogP contribution in [0.4, 0.5) is 0 Å². The number of hydrogen-bond donors (Lipinski definition) is 2. The maximum absolute atomic E-state index is 13.1. The lowest BCUT2D eigenvalue weighted by Gasteiger charge is -2.49. The summed E-state index contributed by atoms with van der Waals surface area (Å²) in [6, 6.07) is 5.87. The van der Waals surface area contributed by atoms with Crippen LogP contribution in [0.1, 0.15) is 42.2 Å². The van der Waals surface area contributed by atoms with Gasteiger partial charge in [0, 0.05) is 50.2 Å². The Morgan fingerprint density at radius 3 is 2.94 bits per heavy atom. The molecule has 8 nitrogen and oxygen atoms in total. The molecule has 2 fully saturated rings. The van der Waals surface area contributed by atoms with Gasteiger partial charge in [-0.2, -0.15) is 5.10 Å². The van der Waals surface area contributed by atoms with Gasteiger partial charge < -0.3 is 15.0 Å².